The summed E-state index contributed by atoms with van der Waals surface area (Å²) in [6, 6.07) is 4.27. The van der Waals surface area contributed by atoms with Gasteiger partial charge in [-0.25, -0.2) is 0 Å². The molecule has 0 amide bonds. The molecule has 2 rings (SSSR count). The minimum atomic E-state index is -0.143. The molecule has 0 radical (unpaired) electrons. The molecular weight excluding hydrogens is 240 g/mol. The van der Waals surface area contributed by atoms with Crippen LogP contribution in [0.2, 0.25) is 0 Å². The summed E-state index contributed by atoms with van der Waals surface area (Å²) in [7, 11) is 3.16. The Balaban J connectivity index is 2.48. The Morgan fingerprint density at radius 2 is 2.11 bits per heavy atom. The third-order valence-electron chi connectivity index (χ3n) is 4.14. The molecule has 3 heteroatoms. The summed E-state index contributed by atoms with van der Waals surface area (Å²) in [5.41, 5.74) is 3.54. The Morgan fingerprint density at radius 3 is 2.74 bits per heavy atom. The van der Waals surface area contributed by atoms with E-state index in [1.807, 2.05) is 0 Å². The number of hydrogen-bond acceptors (Lipinski definition) is 3. The van der Waals surface area contributed by atoms with E-state index in [2.05, 4.69) is 26.0 Å². The number of esters is 1. The van der Waals surface area contributed by atoms with Crippen molar-refractivity contribution in [3.8, 4) is 5.75 Å². The fourth-order valence-corrected chi connectivity index (χ4v) is 3.13. The molecule has 1 aromatic rings. The Hall–Kier alpha value is -1.51. The number of ether oxygens (including phenoxy) is 2. The van der Waals surface area contributed by atoms with Crippen LogP contribution in [-0.4, -0.2) is 20.2 Å². The predicted molar refractivity (Wildman–Crippen MR) is 74.7 cm³/mol. The molecule has 3 nitrogen and oxygen atoms in total. The fourth-order valence-electron chi connectivity index (χ4n) is 3.13. The van der Waals surface area contributed by atoms with Gasteiger partial charge in [0.25, 0.3) is 0 Å². The third-order valence-corrected chi connectivity index (χ3v) is 4.14. The standard InChI is InChI=1S/C16H22O3/c1-11-8-13-12(14(9-11)18-3)6-5-7-16(13,2)10-15(17)19-4/h8-9H,5-7,10H2,1-4H3. The van der Waals surface area contributed by atoms with Gasteiger partial charge in [0.15, 0.2) is 0 Å². The molecule has 0 fully saturated rings. The fraction of sp³-hybridized carbons (Fsp3) is 0.562. The van der Waals surface area contributed by atoms with E-state index in [1.165, 1.54) is 23.8 Å². The predicted octanol–water partition coefficient (Wildman–Crippen LogP) is 3.16. The molecule has 1 atom stereocenters. The van der Waals surface area contributed by atoms with Crippen LogP contribution in [0.3, 0.4) is 0 Å². The highest BCUT2D eigenvalue weighted by Crippen LogP contribution is 2.43. The smallest absolute Gasteiger partial charge is 0.306 e. The van der Waals surface area contributed by atoms with E-state index < -0.39 is 0 Å². The third kappa shape index (κ3) is 2.60. The summed E-state index contributed by atoms with van der Waals surface area (Å²) in [6.45, 7) is 4.22. The molecule has 0 bridgehead atoms. The Labute approximate surface area is 114 Å². The largest absolute Gasteiger partial charge is 0.496 e. The molecule has 0 aromatic heterocycles. The number of aryl methyl sites for hydroxylation is 1. The van der Waals surface area contributed by atoms with E-state index in [9.17, 15) is 4.79 Å². The van der Waals surface area contributed by atoms with Crippen LogP contribution in [-0.2, 0) is 21.4 Å². The van der Waals surface area contributed by atoms with Crippen LogP contribution in [0.15, 0.2) is 12.1 Å². The van der Waals surface area contributed by atoms with Gasteiger partial charge in [-0.3, -0.25) is 4.79 Å². The van der Waals surface area contributed by atoms with Crippen LogP contribution in [0.25, 0.3) is 0 Å². The van der Waals surface area contributed by atoms with Crippen LogP contribution in [0.5, 0.6) is 5.75 Å². The lowest BCUT2D eigenvalue weighted by atomic mass is 9.69. The van der Waals surface area contributed by atoms with Crippen LogP contribution in [0.1, 0.15) is 42.9 Å². The first-order valence-electron chi connectivity index (χ1n) is 6.75. The molecule has 19 heavy (non-hydrogen) atoms. The number of carbonyl (C=O) groups excluding carboxylic acids is 1. The zero-order valence-corrected chi connectivity index (χ0v) is 12.2. The first kappa shape index (κ1) is 13.9. The average molecular weight is 262 g/mol. The van der Waals surface area contributed by atoms with Gasteiger partial charge >= 0.3 is 5.97 Å². The zero-order valence-electron chi connectivity index (χ0n) is 12.2. The lowest BCUT2D eigenvalue weighted by Gasteiger charge is -2.36. The molecule has 1 aromatic carbocycles. The van der Waals surface area contributed by atoms with Crippen molar-refractivity contribution in [1.82, 2.24) is 0 Å². The van der Waals surface area contributed by atoms with E-state index >= 15 is 0 Å². The summed E-state index contributed by atoms with van der Waals surface area (Å²) < 4.78 is 10.4. The van der Waals surface area contributed by atoms with Gasteiger partial charge in [-0.15, -0.1) is 0 Å². The number of carbonyl (C=O) groups is 1. The molecule has 1 aliphatic carbocycles. The Morgan fingerprint density at radius 1 is 1.37 bits per heavy atom. The van der Waals surface area contributed by atoms with Gasteiger partial charge < -0.3 is 9.47 Å². The van der Waals surface area contributed by atoms with Gasteiger partial charge in [0.1, 0.15) is 5.75 Å². The summed E-state index contributed by atoms with van der Waals surface area (Å²) in [6.07, 6.45) is 3.56. The van der Waals surface area contributed by atoms with Crippen LogP contribution in [0.4, 0.5) is 0 Å². The normalized spacial score (nSPS) is 21.7. The molecule has 1 aliphatic rings. The maximum absolute atomic E-state index is 11.7. The van der Waals surface area contributed by atoms with Crippen molar-refractivity contribution in [2.24, 2.45) is 0 Å². The summed E-state index contributed by atoms with van der Waals surface area (Å²) >= 11 is 0. The number of hydrogen-bond donors (Lipinski definition) is 0. The second kappa shape index (κ2) is 5.24. The zero-order chi connectivity index (χ0) is 14.0. The summed E-state index contributed by atoms with van der Waals surface area (Å²) in [4.78, 5) is 11.7. The minimum absolute atomic E-state index is 0.139. The summed E-state index contributed by atoms with van der Waals surface area (Å²) in [5, 5.41) is 0. The van der Waals surface area contributed by atoms with Crippen LogP contribution in [0, 0.1) is 6.92 Å². The molecule has 1 unspecified atom stereocenters. The van der Waals surface area contributed by atoms with Crippen LogP contribution >= 0.6 is 0 Å². The Kier molecular flexibility index (Phi) is 3.83. The minimum Gasteiger partial charge on any atom is -0.496 e. The molecule has 0 saturated heterocycles. The molecular formula is C16H22O3. The maximum Gasteiger partial charge on any atom is 0.306 e. The summed E-state index contributed by atoms with van der Waals surface area (Å²) in [5.74, 6) is 0.807. The molecule has 0 aliphatic heterocycles. The van der Waals surface area contributed by atoms with Crippen LogP contribution < -0.4 is 4.74 Å². The number of fused-ring (bicyclic) bond motifs is 1. The van der Waals surface area contributed by atoms with E-state index in [1.54, 1.807) is 7.11 Å². The van der Waals surface area contributed by atoms with E-state index in [0.717, 1.165) is 25.0 Å². The SMILES string of the molecule is COC(=O)CC1(C)CCCc2c(OC)cc(C)cc21. The van der Waals surface area contributed by atoms with Crippen molar-refractivity contribution >= 4 is 5.97 Å². The second-order valence-corrected chi connectivity index (χ2v) is 5.66. The molecule has 0 N–H and O–H groups in total. The van der Waals surface area contributed by atoms with Crippen molar-refractivity contribution in [2.75, 3.05) is 14.2 Å². The molecule has 0 heterocycles. The quantitative estimate of drug-likeness (QED) is 0.785. The highest BCUT2D eigenvalue weighted by molar-refractivity contribution is 5.71. The number of methoxy groups -OCH3 is 2. The maximum atomic E-state index is 11.7. The lowest BCUT2D eigenvalue weighted by molar-refractivity contribution is -0.142. The highest BCUT2D eigenvalue weighted by Gasteiger charge is 2.36. The van der Waals surface area contributed by atoms with Gasteiger partial charge in [0.2, 0.25) is 0 Å². The van der Waals surface area contributed by atoms with E-state index in [4.69, 9.17) is 9.47 Å². The molecule has 0 saturated carbocycles. The van der Waals surface area contributed by atoms with E-state index in [0.29, 0.717) is 6.42 Å². The van der Waals surface area contributed by atoms with Gasteiger partial charge in [-0.05, 0) is 48.9 Å². The van der Waals surface area contributed by atoms with Crippen molar-refractivity contribution in [3.05, 3.63) is 28.8 Å². The average Bonchev–Trinajstić information content (AvgIpc) is 2.38. The number of benzene rings is 1. The highest BCUT2D eigenvalue weighted by atomic mass is 16.5. The lowest BCUT2D eigenvalue weighted by Crippen LogP contribution is -2.31. The molecule has 0 spiro atoms. The van der Waals surface area contributed by atoms with Gasteiger partial charge in [0.05, 0.1) is 20.6 Å². The van der Waals surface area contributed by atoms with Crippen molar-refractivity contribution in [3.63, 3.8) is 0 Å². The Bertz CT molecular complexity index is 493. The first-order chi connectivity index (χ1) is 9.00. The topological polar surface area (TPSA) is 35.5 Å². The van der Waals surface area contributed by atoms with Gasteiger partial charge in [-0.1, -0.05) is 13.0 Å². The molecule has 104 valence electrons. The number of rotatable bonds is 3. The van der Waals surface area contributed by atoms with Gasteiger partial charge in [0, 0.05) is 5.41 Å². The second-order valence-electron chi connectivity index (χ2n) is 5.66. The monoisotopic (exact) mass is 262 g/mol. The first-order valence-corrected chi connectivity index (χ1v) is 6.75. The van der Waals surface area contributed by atoms with E-state index in [-0.39, 0.29) is 11.4 Å². The van der Waals surface area contributed by atoms with Crippen molar-refractivity contribution < 1.29 is 14.3 Å². The van der Waals surface area contributed by atoms with Crippen molar-refractivity contribution in [2.45, 2.75) is 44.9 Å². The van der Waals surface area contributed by atoms with Gasteiger partial charge in [-0.2, -0.15) is 0 Å². The van der Waals surface area contributed by atoms with Crippen molar-refractivity contribution in [1.29, 1.82) is 0 Å².